The molecule has 2 atom stereocenters. The van der Waals surface area contributed by atoms with E-state index in [1.165, 1.54) is 11.3 Å². The Balaban J connectivity index is 1.79. The van der Waals surface area contributed by atoms with Crippen LogP contribution in [0.15, 0.2) is 46.4 Å². The number of rotatable bonds is 2. The van der Waals surface area contributed by atoms with Crippen molar-refractivity contribution >= 4 is 17.3 Å². The minimum absolute atomic E-state index is 0.0822. The largest absolute Gasteiger partial charge is 0.457 e. The lowest BCUT2D eigenvalue weighted by molar-refractivity contribution is -0.150. The number of allylic oxidation sites excluding steroid dienone is 1. The molecule has 0 aliphatic carbocycles. The molecule has 0 saturated heterocycles. The van der Waals surface area contributed by atoms with Crippen molar-refractivity contribution in [3.05, 3.63) is 57.7 Å². The Labute approximate surface area is 159 Å². The molecule has 5 heteroatoms. The zero-order valence-electron chi connectivity index (χ0n) is 15.9. The zero-order chi connectivity index (χ0) is 18.5. The molecule has 4 nitrogen and oxygen atoms in total. The van der Waals surface area contributed by atoms with Crippen LogP contribution in [0, 0.1) is 0 Å². The molecule has 2 aromatic heterocycles. The first-order valence-corrected chi connectivity index (χ1v) is 10.2. The molecule has 0 N–H and O–H groups in total. The molecule has 26 heavy (non-hydrogen) atoms. The summed E-state index contributed by atoms with van der Waals surface area (Å²) in [5.41, 5.74) is 3.98. The van der Waals surface area contributed by atoms with E-state index in [1.54, 1.807) is 11.3 Å². The summed E-state index contributed by atoms with van der Waals surface area (Å²) in [5.74, 6) is -0.0931. The SMILES string of the molecule is CC1=C(C(=O)OC(C)(C)C)[C@H](c2ccsc2)C[C@@H]2c3cccn3CCN12. The predicted molar refractivity (Wildman–Crippen MR) is 104 cm³/mol. The lowest BCUT2D eigenvalue weighted by Crippen LogP contribution is -2.42. The average molecular weight is 371 g/mol. The second kappa shape index (κ2) is 6.31. The topological polar surface area (TPSA) is 34.5 Å². The molecule has 0 amide bonds. The summed E-state index contributed by atoms with van der Waals surface area (Å²) in [6.45, 7) is 9.77. The molecule has 2 aromatic rings. The Morgan fingerprint density at radius 1 is 1.27 bits per heavy atom. The number of aromatic nitrogens is 1. The van der Waals surface area contributed by atoms with Crippen LogP contribution in [0.1, 0.15) is 57.3 Å². The van der Waals surface area contributed by atoms with E-state index in [0.717, 1.165) is 30.8 Å². The fraction of sp³-hybridized carbons (Fsp3) is 0.476. The monoisotopic (exact) mass is 370 g/mol. The summed E-state index contributed by atoms with van der Waals surface area (Å²) >= 11 is 1.68. The van der Waals surface area contributed by atoms with Gasteiger partial charge in [-0.1, -0.05) is 0 Å². The van der Waals surface area contributed by atoms with Gasteiger partial charge in [-0.2, -0.15) is 11.3 Å². The molecular formula is C21H26N2O2S. The van der Waals surface area contributed by atoms with E-state index in [9.17, 15) is 4.79 Å². The minimum atomic E-state index is -0.489. The first-order chi connectivity index (χ1) is 12.3. The number of carbonyl (C=O) groups is 1. The fourth-order valence-electron chi connectivity index (χ4n) is 4.26. The van der Waals surface area contributed by atoms with Crippen LogP contribution < -0.4 is 0 Å². The van der Waals surface area contributed by atoms with E-state index in [-0.39, 0.29) is 11.9 Å². The van der Waals surface area contributed by atoms with Crippen molar-refractivity contribution in [1.29, 1.82) is 0 Å². The number of hydrogen-bond acceptors (Lipinski definition) is 4. The summed E-state index contributed by atoms with van der Waals surface area (Å²) < 4.78 is 8.13. The average Bonchev–Trinajstić information content (AvgIpc) is 3.24. The van der Waals surface area contributed by atoms with Crippen LogP contribution in [0.2, 0.25) is 0 Å². The van der Waals surface area contributed by atoms with Gasteiger partial charge in [0.05, 0.1) is 11.6 Å². The molecular weight excluding hydrogens is 344 g/mol. The van der Waals surface area contributed by atoms with E-state index >= 15 is 0 Å². The quantitative estimate of drug-likeness (QED) is 0.718. The molecule has 0 spiro atoms. The maximum Gasteiger partial charge on any atom is 0.336 e. The highest BCUT2D eigenvalue weighted by molar-refractivity contribution is 7.08. The van der Waals surface area contributed by atoms with Gasteiger partial charge in [-0.15, -0.1) is 0 Å². The van der Waals surface area contributed by atoms with Crippen molar-refractivity contribution in [3.8, 4) is 0 Å². The summed E-state index contributed by atoms with van der Waals surface area (Å²) in [6, 6.07) is 6.80. The number of nitrogens with zero attached hydrogens (tertiary/aromatic N) is 2. The third-order valence-electron chi connectivity index (χ3n) is 5.36. The molecule has 0 unspecified atom stereocenters. The zero-order valence-corrected chi connectivity index (χ0v) is 16.7. The standard InChI is InChI=1S/C21H26N2O2S/c1-14-19(20(24)25-21(2,3)4)16(15-7-11-26-13-15)12-18-17-6-5-8-22(17)9-10-23(14)18/h5-8,11,13,16,18H,9-10,12H2,1-4H3/t16-,18+/m0/s1. The highest BCUT2D eigenvalue weighted by Crippen LogP contribution is 2.47. The molecule has 2 aliphatic rings. The van der Waals surface area contributed by atoms with E-state index in [1.807, 2.05) is 20.8 Å². The Morgan fingerprint density at radius 3 is 2.77 bits per heavy atom. The number of esters is 1. The first-order valence-electron chi connectivity index (χ1n) is 9.23. The molecule has 0 fully saturated rings. The molecule has 0 bridgehead atoms. The number of thiophene rings is 1. The highest BCUT2D eigenvalue weighted by atomic mass is 32.1. The van der Waals surface area contributed by atoms with E-state index < -0.39 is 5.60 Å². The molecule has 4 heterocycles. The van der Waals surface area contributed by atoms with Gasteiger partial charge < -0.3 is 14.2 Å². The normalized spacial score (nSPS) is 22.8. The van der Waals surface area contributed by atoms with Crippen molar-refractivity contribution in [2.24, 2.45) is 0 Å². The smallest absolute Gasteiger partial charge is 0.336 e. The van der Waals surface area contributed by atoms with Crippen molar-refractivity contribution in [2.75, 3.05) is 6.54 Å². The Morgan fingerprint density at radius 2 is 2.08 bits per heavy atom. The van der Waals surface area contributed by atoms with Crippen molar-refractivity contribution in [3.63, 3.8) is 0 Å². The molecule has 0 saturated carbocycles. The van der Waals surface area contributed by atoms with Crippen LogP contribution in [0.25, 0.3) is 0 Å². The summed E-state index contributed by atoms with van der Waals surface area (Å²) in [4.78, 5) is 15.5. The van der Waals surface area contributed by atoms with Crippen LogP contribution in [-0.2, 0) is 16.1 Å². The van der Waals surface area contributed by atoms with Crippen molar-refractivity contribution < 1.29 is 9.53 Å². The lowest BCUT2D eigenvalue weighted by atomic mass is 9.80. The maximum absolute atomic E-state index is 13.1. The van der Waals surface area contributed by atoms with E-state index in [4.69, 9.17) is 4.74 Å². The summed E-state index contributed by atoms with van der Waals surface area (Å²) in [6.07, 6.45) is 3.07. The third kappa shape index (κ3) is 2.98. The van der Waals surface area contributed by atoms with Gasteiger partial charge in [0.15, 0.2) is 0 Å². The summed E-state index contributed by atoms with van der Waals surface area (Å²) in [7, 11) is 0. The number of fused-ring (bicyclic) bond motifs is 3. The number of carbonyl (C=O) groups excluding carboxylic acids is 1. The van der Waals surface area contributed by atoms with Crippen LogP contribution in [0.3, 0.4) is 0 Å². The van der Waals surface area contributed by atoms with Gasteiger partial charge >= 0.3 is 5.97 Å². The minimum Gasteiger partial charge on any atom is -0.457 e. The van der Waals surface area contributed by atoms with Gasteiger partial charge in [0.25, 0.3) is 0 Å². The van der Waals surface area contributed by atoms with Crippen LogP contribution in [-0.4, -0.2) is 27.6 Å². The fourth-order valence-corrected chi connectivity index (χ4v) is 4.98. The van der Waals surface area contributed by atoms with Gasteiger partial charge in [0.2, 0.25) is 0 Å². The van der Waals surface area contributed by atoms with Gasteiger partial charge in [-0.25, -0.2) is 4.79 Å². The van der Waals surface area contributed by atoms with Crippen molar-refractivity contribution in [1.82, 2.24) is 9.47 Å². The molecule has 0 radical (unpaired) electrons. The Kier molecular flexibility index (Phi) is 4.22. The van der Waals surface area contributed by atoms with Gasteiger partial charge in [0, 0.05) is 36.6 Å². The number of ether oxygens (including phenoxy) is 1. The van der Waals surface area contributed by atoms with Crippen molar-refractivity contribution in [2.45, 2.75) is 58.2 Å². The van der Waals surface area contributed by atoms with Crippen LogP contribution >= 0.6 is 11.3 Å². The van der Waals surface area contributed by atoms with Gasteiger partial charge in [0.1, 0.15) is 5.60 Å². The van der Waals surface area contributed by atoms with Crippen LogP contribution in [0.4, 0.5) is 0 Å². The van der Waals surface area contributed by atoms with Gasteiger partial charge in [-0.3, -0.25) is 0 Å². The Bertz CT molecular complexity index is 842. The number of hydrogen-bond donors (Lipinski definition) is 0. The second-order valence-corrected chi connectivity index (χ2v) is 8.96. The van der Waals surface area contributed by atoms with Crippen LogP contribution in [0.5, 0.6) is 0 Å². The Hall–Kier alpha value is -2.01. The lowest BCUT2D eigenvalue weighted by Gasteiger charge is -2.45. The van der Waals surface area contributed by atoms with Gasteiger partial charge in [-0.05, 0) is 68.6 Å². The van der Waals surface area contributed by atoms with E-state index in [2.05, 4.69) is 51.5 Å². The van der Waals surface area contributed by atoms with E-state index in [0.29, 0.717) is 6.04 Å². The third-order valence-corrected chi connectivity index (χ3v) is 6.06. The maximum atomic E-state index is 13.1. The molecule has 2 aliphatic heterocycles. The molecule has 138 valence electrons. The molecule has 0 aromatic carbocycles. The summed E-state index contributed by atoms with van der Waals surface area (Å²) in [5, 5.41) is 4.26. The molecule has 4 rings (SSSR count). The predicted octanol–water partition coefficient (Wildman–Crippen LogP) is 4.71. The second-order valence-electron chi connectivity index (χ2n) is 8.18. The highest BCUT2D eigenvalue weighted by Gasteiger charge is 2.41. The first kappa shape index (κ1) is 17.4.